The molecule has 0 bridgehead atoms. The number of aromatic nitrogens is 1. The van der Waals surface area contributed by atoms with Gasteiger partial charge in [0.2, 0.25) is 0 Å². The molecule has 2 rings (SSSR count). The first-order chi connectivity index (χ1) is 8.91. The highest BCUT2D eigenvalue weighted by molar-refractivity contribution is 7.90. The van der Waals surface area contributed by atoms with Crippen LogP contribution in [-0.4, -0.2) is 26.2 Å². The van der Waals surface area contributed by atoms with Gasteiger partial charge in [-0.3, -0.25) is 0 Å². The molecule has 102 valence electrons. The summed E-state index contributed by atoms with van der Waals surface area (Å²) in [7, 11) is -3.32. The van der Waals surface area contributed by atoms with Gasteiger partial charge < -0.3 is 5.73 Å². The van der Waals surface area contributed by atoms with Gasteiger partial charge in [-0.2, -0.15) is 0 Å². The Bertz CT molecular complexity index is 696. The molecule has 0 radical (unpaired) electrons. The van der Waals surface area contributed by atoms with Crippen LogP contribution >= 0.6 is 22.9 Å². The molecule has 0 atom stereocenters. The van der Waals surface area contributed by atoms with E-state index in [4.69, 9.17) is 17.3 Å². The van der Waals surface area contributed by atoms with Gasteiger partial charge in [0.05, 0.1) is 15.6 Å². The van der Waals surface area contributed by atoms with E-state index in [9.17, 15) is 8.42 Å². The summed E-state index contributed by atoms with van der Waals surface area (Å²) in [4.78, 5) is 4.64. The molecule has 1 heterocycles. The van der Waals surface area contributed by atoms with Crippen molar-refractivity contribution in [1.82, 2.24) is 4.98 Å². The first kappa shape index (κ1) is 14.5. The Morgan fingerprint density at radius 1 is 1.42 bits per heavy atom. The summed E-state index contributed by atoms with van der Waals surface area (Å²) < 4.78 is 23.6. The molecule has 0 unspecified atom stereocenters. The van der Waals surface area contributed by atoms with Crippen LogP contribution in [0.15, 0.2) is 28.5 Å². The van der Waals surface area contributed by atoms with Crippen molar-refractivity contribution in [3.63, 3.8) is 0 Å². The number of sulfone groups is 1. The molecule has 1 aromatic carbocycles. The normalized spacial score (nSPS) is 11.7. The molecule has 1 aromatic heterocycles. The number of benzene rings is 1. The Morgan fingerprint density at radius 3 is 2.79 bits per heavy atom. The van der Waals surface area contributed by atoms with Crippen molar-refractivity contribution in [3.05, 3.63) is 33.6 Å². The number of nitrogens with two attached hydrogens (primary N) is 1. The summed E-state index contributed by atoms with van der Waals surface area (Å²) in [5.41, 5.74) is 6.64. The minimum absolute atomic E-state index is 0.237. The van der Waals surface area contributed by atoms with Crippen LogP contribution in [0.25, 0.3) is 11.3 Å². The molecule has 0 fully saturated rings. The van der Waals surface area contributed by atoms with Crippen LogP contribution in [0.1, 0.15) is 5.01 Å². The smallest absolute Gasteiger partial charge is 0.176 e. The second-order valence-electron chi connectivity index (χ2n) is 4.08. The van der Waals surface area contributed by atoms with E-state index in [0.717, 1.165) is 5.01 Å². The van der Waals surface area contributed by atoms with E-state index < -0.39 is 9.84 Å². The van der Waals surface area contributed by atoms with E-state index >= 15 is 0 Å². The molecule has 0 spiro atoms. The Morgan fingerprint density at radius 2 is 2.16 bits per heavy atom. The molecule has 0 saturated carbocycles. The predicted octanol–water partition coefficient (Wildman–Crippen LogP) is 2.37. The fourth-order valence-corrected chi connectivity index (χ4v) is 3.56. The molecule has 0 saturated heterocycles. The number of nitrogens with zero attached hydrogens (tertiary/aromatic N) is 1. The zero-order valence-corrected chi connectivity index (χ0v) is 12.6. The number of hydrogen-bond acceptors (Lipinski definition) is 5. The SMILES string of the molecule is CS(=O)(=O)c1ccc(Cl)cc1-c1csc(CCN)n1. The maximum absolute atomic E-state index is 11.8. The Balaban J connectivity index is 2.56. The van der Waals surface area contributed by atoms with E-state index in [1.54, 1.807) is 12.1 Å². The number of halogens is 1. The Labute approximate surface area is 121 Å². The van der Waals surface area contributed by atoms with Crippen molar-refractivity contribution < 1.29 is 8.42 Å². The summed E-state index contributed by atoms with van der Waals surface area (Å²) >= 11 is 7.41. The van der Waals surface area contributed by atoms with Crippen LogP contribution in [-0.2, 0) is 16.3 Å². The second kappa shape index (κ2) is 5.58. The Kier molecular flexibility index (Phi) is 4.25. The van der Waals surface area contributed by atoms with Crippen molar-refractivity contribution in [2.24, 2.45) is 5.73 Å². The first-order valence-corrected chi connectivity index (χ1v) is 8.71. The lowest BCUT2D eigenvalue weighted by Gasteiger charge is -2.06. The molecule has 19 heavy (non-hydrogen) atoms. The largest absolute Gasteiger partial charge is 0.330 e. The van der Waals surface area contributed by atoms with E-state index in [1.807, 2.05) is 5.38 Å². The number of thiazole rings is 1. The Hall–Kier alpha value is -0.950. The maximum atomic E-state index is 11.8. The van der Waals surface area contributed by atoms with Crippen molar-refractivity contribution in [3.8, 4) is 11.3 Å². The van der Waals surface area contributed by atoms with Crippen molar-refractivity contribution in [2.75, 3.05) is 12.8 Å². The fourth-order valence-electron chi connectivity index (χ4n) is 1.70. The molecule has 0 amide bonds. The standard InChI is InChI=1S/C12H13ClN2O2S2/c1-19(16,17)11-3-2-8(13)6-9(11)10-7-18-12(15-10)4-5-14/h2-3,6-7H,4-5,14H2,1H3. The monoisotopic (exact) mass is 316 g/mol. The van der Waals surface area contributed by atoms with Crippen molar-refractivity contribution >= 4 is 32.8 Å². The van der Waals surface area contributed by atoms with Gasteiger partial charge in [-0.05, 0) is 24.7 Å². The lowest BCUT2D eigenvalue weighted by atomic mass is 10.2. The molecule has 0 aliphatic heterocycles. The molecule has 4 nitrogen and oxygen atoms in total. The van der Waals surface area contributed by atoms with Gasteiger partial charge in [0.15, 0.2) is 9.84 Å². The van der Waals surface area contributed by atoms with Crippen LogP contribution in [0.5, 0.6) is 0 Å². The molecule has 2 N–H and O–H groups in total. The molecular formula is C12H13ClN2O2S2. The van der Waals surface area contributed by atoms with Crippen LogP contribution < -0.4 is 5.73 Å². The lowest BCUT2D eigenvalue weighted by molar-refractivity contribution is 0.602. The highest BCUT2D eigenvalue weighted by Crippen LogP contribution is 2.31. The van der Waals surface area contributed by atoms with Crippen molar-refractivity contribution in [1.29, 1.82) is 0 Å². The quantitative estimate of drug-likeness (QED) is 0.939. The third kappa shape index (κ3) is 3.33. The van der Waals surface area contributed by atoms with Crippen molar-refractivity contribution in [2.45, 2.75) is 11.3 Å². The fraction of sp³-hybridized carbons (Fsp3) is 0.250. The van der Waals surface area contributed by atoms with Gasteiger partial charge in [0, 0.05) is 28.6 Å². The van der Waals surface area contributed by atoms with Gasteiger partial charge in [-0.25, -0.2) is 13.4 Å². The summed E-state index contributed by atoms with van der Waals surface area (Å²) in [6.07, 6.45) is 1.85. The third-order valence-electron chi connectivity index (χ3n) is 2.53. The average Bonchev–Trinajstić information content (AvgIpc) is 2.76. The van der Waals surface area contributed by atoms with Gasteiger partial charge in [-0.15, -0.1) is 11.3 Å². The van der Waals surface area contributed by atoms with Gasteiger partial charge in [0.1, 0.15) is 0 Å². The molecule has 0 aliphatic carbocycles. The highest BCUT2D eigenvalue weighted by Gasteiger charge is 2.17. The number of hydrogen-bond donors (Lipinski definition) is 1. The van der Waals surface area contributed by atoms with Crippen LogP contribution in [0.4, 0.5) is 0 Å². The minimum atomic E-state index is -3.32. The molecule has 2 aromatic rings. The summed E-state index contributed by atoms with van der Waals surface area (Å²) in [6, 6.07) is 4.70. The summed E-state index contributed by atoms with van der Waals surface area (Å²) in [6.45, 7) is 0.515. The van der Waals surface area contributed by atoms with E-state index in [2.05, 4.69) is 4.98 Å². The third-order valence-corrected chi connectivity index (χ3v) is 4.83. The molecule has 0 aliphatic rings. The summed E-state index contributed by atoms with van der Waals surface area (Å²) in [5.74, 6) is 0. The van der Waals surface area contributed by atoms with E-state index in [1.165, 1.54) is 23.7 Å². The van der Waals surface area contributed by atoms with E-state index in [0.29, 0.717) is 29.2 Å². The van der Waals surface area contributed by atoms with Gasteiger partial charge in [-0.1, -0.05) is 11.6 Å². The van der Waals surface area contributed by atoms with E-state index in [-0.39, 0.29) is 4.90 Å². The lowest BCUT2D eigenvalue weighted by Crippen LogP contribution is -2.02. The topological polar surface area (TPSA) is 73.0 Å². The van der Waals surface area contributed by atoms with Crippen LogP contribution in [0, 0.1) is 0 Å². The zero-order valence-electron chi connectivity index (χ0n) is 10.3. The first-order valence-electron chi connectivity index (χ1n) is 5.56. The zero-order chi connectivity index (χ0) is 14.0. The van der Waals surface area contributed by atoms with Crippen LogP contribution in [0.2, 0.25) is 5.02 Å². The summed E-state index contributed by atoms with van der Waals surface area (Å²) in [5, 5.41) is 3.19. The number of rotatable bonds is 4. The maximum Gasteiger partial charge on any atom is 0.176 e. The molecule has 7 heteroatoms. The highest BCUT2D eigenvalue weighted by atomic mass is 35.5. The second-order valence-corrected chi connectivity index (χ2v) is 7.44. The van der Waals surface area contributed by atoms with Gasteiger partial charge in [0.25, 0.3) is 0 Å². The minimum Gasteiger partial charge on any atom is -0.330 e. The average molecular weight is 317 g/mol. The van der Waals surface area contributed by atoms with Gasteiger partial charge >= 0.3 is 0 Å². The predicted molar refractivity (Wildman–Crippen MR) is 78.4 cm³/mol. The van der Waals surface area contributed by atoms with Crippen LogP contribution in [0.3, 0.4) is 0 Å². The molecular weight excluding hydrogens is 304 g/mol.